The lowest BCUT2D eigenvalue weighted by Crippen LogP contribution is -2.68. The zero-order valence-corrected chi connectivity index (χ0v) is 42.2. The van der Waals surface area contributed by atoms with E-state index in [1.165, 1.54) is 37.8 Å². The van der Waals surface area contributed by atoms with Crippen LogP contribution in [0.3, 0.4) is 0 Å². The van der Waals surface area contributed by atoms with Crippen LogP contribution < -0.4 is 25.5 Å². The van der Waals surface area contributed by atoms with Crippen molar-refractivity contribution in [2.24, 2.45) is 0 Å². The number of hydrogen-bond donors (Lipinski definition) is 0. The quantitative estimate of drug-likeness (QED) is 0.102. The molecule has 1 spiro atoms. The fourth-order valence-electron chi connectivity index (χ4n) is 10.6. The van der Waals surface area contributed by atoms with Gasteiger partial charge in [-0.3, -0.25) is 4.90 Å². The Hall–Kier alpha value is -3.17. The summed E-state index contributed by atoms with van der Waals surface area (Å²) in [5, 5.41) is 4.62. The minimum Gasteiger partial charge on any atom is -0.497 e. The second-order valence-corrected chi connectivity index (χ2v) is 31.5. The Balaban J connectivity index is 1.20. The van der Waals surface area contributed by atoms with Gasteiger partial charge in [-0.05, 0) is 68.3 Å². The minimum atomic E-state index is -2.92. The number of likely N-dealkylation sites (tertiary alicyclic amines) is 1. The van der Waals surface area contributed by atoms with Crippen molar-refractivity contribution < 1.29 is 23.1 Å². The zero-order valence-electron chi connectivity index (χ0n) is 38.6. The van der Waals surface area contributed by atoms with Crippen molar-refractivity contribution in [2.45, 2.75) is 106 Å². The third-order valence-electron chi connectivity index (χ3n) is 13.6. The summed E-state index contributed by atoms with van der Waals surface area (Å²) in [6, 6.07) is 52.2. The fraction of sp³-hybridized carbons (Fsp3) is 0.434. The van der Waals surface area contributed by atoms with Gasteiger partial charge in [0.1, 0.15) is 18.0 Å². The van der Waals surface area contributed by atoms with Crippen LogP contribution in [0.15, 0.2) is 146 Å². The molecule has 3 atom stereocenters. The summed E-state index contributed by atoms with van der Waals surface area (Å²) in [5.74, 6) is 2.30. The van der Waals surface area contributed by atoms with Crippen molar-refractivity contribution >= 4 is 60.9 Å². The number of methoxy groups -OCH3 is 1. The molecule has 3 aliphatic heterocycles. The van der Waals surface area contributed by atoms with E-state index >= 15 is 0 Å². The van der Waals surface area contributed by atoms with Gasteiger partial charge < -0.3 is 23.1 Å². The maximum absolute atomic E-state index is 7.72. The van der Waals surface area contributed by atoms with Crippen LogP contribution in [0.1, 0.15) is 66.9 Å². The summed E-state index contributed by atoms with van der Waals surface area (Å²) >= 11 is 4.27. The summed E-state index contributed by atoms with van der Waals surface area (Å²) in [4.78, 5) is 2.62. The van der Waals surface area contributed by atoms with E-state index in [-0.39, 0.29) is 32.4 Å². The summed E-state index contributed by atoms with van der Waals surface area (Å²) < 4.78 is 36.3. The van der Waals surface area contributed by atoms with Crippen molar-refractivity contribution in [3.8, 4) is 5.75 Å². The lowest BCUT2D eigenvalue weighted by atomic mass is 9.93. The van der Waals surface area contributed by atoms with Crippen molar-refractivity contribution in [1.82, 2.24) is 4.90 Å². The molecule has 0 unspecified atom stereocenters. The minimum absolute atomic E-state index is 0.000295. The van der Waals surface area contributed by atoms with Gasteiger partial charge in [-0.2, -0.15) is 0 Å². The number of benzene rings is 5. The number of rotatable bonds is 14. The largest absolute Gasteiger partial charge is 0.497 e. The molecule has 3 saturated heterocycles. The van der Waals surface area contributed by atoms with E-state index in [0.717, 1.165) is 31.7 Å². The lowest BCUT2D eigenvalue weighted by Gasteiger charge is -2.49. The molecule has 0 saturated carbocycles. The molecular weight excluding hydrogens is 851 g/mol. The maximum atomic E-state index is 7.72. The van der Waals surface area contributed by atoms with Gasteiger partial charge in [0.2, 0.25) is 0 Å². The van der Waals surface area contributed by atoms with Crippen LogP contribution in [0, 0.1) is 0 Å². The van der Waals surface area contributed by atoms with E-state index in [1.807, 2.05) is 0 Å². The Morgan fingerprint density at radius 3 is 1.37 bits per heavy atom. The Morgan fingerprint density at radius 2 is 1.00 bits per heavy atom. The van der Waals surface area contributed by atoms with Crippen LogP contribution in [0.25, 0.3) is 0 Å². The first kappa shape index (κ1) is 46.4. The van der Waals surface area contributed by atoms with E-state index in [2.05, 4.69) is 222 Å². The molecule has 3 aliphatic rings. The van der Waals surface area contributed by atoms with Crippen LogP contribution in [-0.2, 0) is 24.9 Å². The molecule has 0 amide bonds. The maximum Gasteiger partial charge on any atom is 0.261 e. The van der Waals surface area contributed by atoms with Gasteiger partial charge in [0, 0.05) is 24.6 Å². The average molecular weight is 918 g/mol. The highest BCUT2D eigenvalue weighted by molar-refractivity contribution is 8.21. The molecule has 6 nitrogen and oxygen atoms in total. The Morgan fingerprint density at radius 1 is 0.603 bits per heavy atom. The highest BCUT2D eigenvalue weighted by atomic mass is 32.2. The number of thioether (sulfide) groups is 2. The first-order valence-electron chi connectivity index (χ1n) is 22.7. The molecule has 3 heterocycles. The van der Waals surface area contributed by atoms with Crippen LogP contribution in [0.2, 0.25) is 10.1 Å². The van der Waals surface area contributed by atoms with E-state index in [9.17, 15) is 0 Å². The van der Waals surface area contributed by atoms with Gasteiger partial charge in [0.15, 0.2) is 5.79 Å². The second-order valence-electron chi connectivity index (χ2n) is 19.7. The fourth-order valence-corrected chi connectivity index (χ4v) is 23.0. The average Bonchev–Trinajstić information content (AvgIpc) is 3.89. The predicted molar refractivity (Wildman–Crippen MR) is 269 cm³/mol. The van der Waals surface area contributed by atoms with Crippen molar-refractivity contribution in [3.63, 3.8) is 0 Å². The first-order chi connectivity index (χ1) is 30.2. The number of nitrogens with zero attached hydrogens (tertiary/aromatic N) is 1. The third kappa shape index (κ3) is 9.31. The van der Waals surface area contributed by atoms with Crippen LogP contribution in [0.5, 0.6) is 5.75 Å². The van der Waals surface area contributed by atoms with E-state index < -0.39 is 22.4 Å². The van der Waals surface area contributed by atoms with E-state index in [1.54, 1.807) is 7.11 Å². The Kier molecular flexibility index (Phi) is 14.0. The number of ether oxygens (including phenoxy) is 3. The third-order valence-corrected chi connectivity index (χ3v) is 27.2. The van der Waals surface area contributed by atoms with Crippen LogP contribution in [-0.4, -0.2) is 88.0 Å². The topological polar surface area (TPSA) is 49.4 Å². The molecular formula is C53H67NO5S2Si2. The van der Waals surface area contributed by atoms with Crippen LogP contribution >= 0.6 is 23.5 Å². The smallest absolute Gasteiger partial charge is 0.261 e. The van der Waals surface area contributed by atoms with Crippen molar-refractivity contribution in [3.05, 3.63) is 151 Å². The summed E-state index contributed by atoms with van der Waals surface area (Å²) in [5.41, 5.74) is 1.25. The standard InChI is InChI=1S/C53H67NO5S2Si2/c1-50(2,3)62(43-21-13-9-14-22-43,44-23-15-10-16-24-44)56-39-47-48(40-57-63(51(4,5)6,45-25-17-11-18-26-45)46-27-19-12-20-28-46)59-52(7,58-47)49-37-53(60-35-36-61-53)33-34-54(49)38-41-29-31-42(55-8)32-30-41/h9-32,47-49H,33-40H2,1-8H3/t47-,48-,49+/m0/s1. The zero-order chi connectivity index (χ0) is 44.4. The monoisotopic (exact) mass is 917 g/mol. The molecule has 0 N–H and O–H groups in total. The molecule has 0 aliphatic carbocycles. The van der Waals surface area contributed by atoms with Gasteiger partial charge in [-0.15, -0.1) is 23.5 Å². The van der Waals surface area contributed by atoms with Crippen molar-refractivity contribution in [1.29, 1.82) is 0 Å². The van der Waals surface area contributed by atoms with Gasteiger partial charge >= 0.3 is 0 Å². The molecule has 3 fully saturated rings. The predicted octanol–water partition coefficient (Wildman–Crippen LogP) is 9.49. The van der Waals surface area contributed by atoms with E-state index in [0.29, 0.717) is 13.2 Å². The van der Waals surface area contributed by atoms with Gasteiger partial charge in [-0.25, -0.2) is 0 Å². The van der Waals surface area contributed by atoms with Gasteiger partial charge in [0.25, 0.3) is 16.6 Å². The molecule has 0 radical (unpaired) electrons. The second kappa shape index (κ2) is 19.0. The molecule has 0 bridgehead atoms. The molecule has 63 heavy (non-hydrogen) atoms. The molecule has 5 aromatic rings. The van der Waals surface area contributed by atoms with Crippen LogP contribution in [0.4, 0.5) is 0 Å². The Labute approximate surface area is 388 Å². The molecule has 8 rings (SSSR count). The van der Waals surface area contributed by atoms with E-state index in [4.69, 9.17) is 23.1 Å². The summed E-state index contributed by atoms with van der Waals surface area (Å²) in [6.07, 6.45) is 1.32. The highest BCUT2D eigenvalue weighted by Crippen LogP contribution is 2.55. The molecule has 0 aromatic heterocycles. The van der Waals surface area contributed by atoms with Gasteiger partial charge in [0.05, 0.1) is 30.4 Å². The molecule has 334 valence electrons. The number of piperidine rings is 1. The molecule has 10 heteroatoms. The number of hydrogen-bond acceptors (Lipinski definition) is 8. The van der Waals surface area contributed by atoms with Gasteiger partial charge in [-0.1, -0.05) is 175 Å². The SMILES string of the molecule is COc1ccc(CN2CCC3(C[C@@H]2C2(C)O[C@@H](CO[Si](c4ccccc4)(c4ccccc4)C(C)(C)C)[C@H](CO[Si](c4ccccc4)(c4ccccc4)C(C)(C)C)O2)SCCS3)cc1. The summed E-state index contributed by atoms with van der Waals surface area (Å²) in [6.45, 7) is 18.8. The highest BCUT2D eigenvalue weighted by Gasteiger charge is 2.59. The lowest BCUT2D eigenvalue weighted by molar-refractivity contribution is -0.215. The van der Waals surface area contributed by atoms with Crippen molar-refractivity contribution in [2.75, 3.05) is 38.4 Å². The normalized spacial score (nSPS) is 21.7. The molecule has 5 aromatic carbocycles. The Bertz CT molecular complexity index is 2020. The summed E-state index contributed by atoms with van der Waals surface area (Å²) in [7, 11) is -4.12. The first-order valence-corrected chi connectivity index (χ1v) is 28.5.